The summed E-state index contributed by atoms with van der Waals surface area (Å²) in [6.07, 6.45) is -0.427. The maximum Gasteiger partial charge on any atom is 0.305 e. The zero-order valence-corrected chi connectivity index (χ0v) is 12.6. The Morgan fingerprint density at radius 1 is 1.09 bits per heavy atom. The number of amides is 3. The van der Waals surface area contributed by atoms with Crippen molar-refractivity contribution in [2.45, 2.75) is 31.8 Å². The van der Waals surface area contributed by atoms with Gasteiger partial charge >= 0.3 is 5.97 Å². The number of nitrogens with one attached hydrogen (secondary N) is 2. The van der Waals surface area contributed by atoms with Crippen LogP contribution in [0.15, 0.2) is 30.3 Å². The van der Waals surface area contributed by atoms with E-state index in [1.54, 1.807) is 24.3 Å². The first-order valence-corrected chi connectivity index (χ1v) is 6.92. The first-order chi connectivity index (χ1) is 10.8. The van der Waals surface area contributed by atoms with E-state index in [2.05, 4.69) is 10.6 Å². The molecule has 124 valence electrons. The molecular formula is C15H19N3O5. The van der Waals surface area contributed by atoms with Crippen molar-refractivity contribution in [2.75, 3.05) is 0 Å². The molecule has 2 atom stereocenters. The van der Waals surface area contributed by atoms with E-state index in [0.29, 0.717) is 0 Å². The van der Waals surface area contributed by atoms with E-state index in [4.69, 9.17) is 10.8 Å². The molecule has 0 aromatic heterocycles. The molecular weight excluding hydrogens is 302 g/mol. The first-order valence-electron chi connectivity index (χ1n) is 6.92. The molecule has 0 heterocycles. The second-order valence-electron chi connectivity index (χ2n) is 5.00. The van der Waals surface area contributed by atoms with Gasteiger partial charge in [-0.1, -0.05) is 30.3 Å². The Balaban J connectivity index is 2.83. The highest BCUT2D eigenvalue weighted by Gasteiger charge is 2.26. The third-order valence-corrected chi connectivity index (χ3v) is 3.02. The first kappa shape index (κ1) is 18.1. The second-order valence-corrected chi connectivity index (χ2v) is 5.00. The van der Waals surface area contributed by atoms with E-state index in [1.165, 1.54) is 6.92 Å². The van der Waals surface area contributed by atoms with E-state index >= 15 is 0 Å². The molecule has 8 nitrogen and oxygen atoms in total. The molecule has 0 aliphatic heterocycles. The van der Waals surface area contributed by atoms with Crippen molar-refractivity contribution < 1.29 is 24.3 Å². The van der Waals surface area contributed by atoms with Crippen LogP contribution in [0.5, 0.6) is 0 Å². The predicted octanol–water partition coefficient (Wildman–Crippen LogP) is -0.821. The molecule has 0 saturated carbocycles. The van der Waals surface area contributed by atoms with Crippen LogP contribution in [0.1, 0.15) is 18.9 Å². The Hall–Kier alpha value is -2.90. The Labute approximate surface area is 133 Å². The van der Waals surface area contributed by atoms with Gasteiger partial charge in [-0.15, -0.1) is 0 Å². The second kappa shape index (κ2) is 8.52. The van der Waals surface area contributed by atoms with E-state index in [1.807, 2.05) is 6.07 Å². The normalized spacial score (nSPS) is 12.7. The molecule has 1 rings (SSSR count). The minimum Gasteiger partial charge on any atom is -0.481 e. The SMILES string of the molecule is CC(=O)N[C@@H](Cc1ccccc1)C(=O)N[C@H](CC(=O)O)C(N)=O. The molecule has 0 unspecified atom stereocenters. The molecule has 1 aromatic carbocycles. The fourth-order valence-corrected chi connectivity index (χ4v) is 1.97. The minimum absolute atomic E-state index is 0.199. The minimum atomic E-state index is -1.34. The molecule has 1 aromatic rings. The number of carboxylic acids is 1. The fraction of sp³-hybridized carbons (Fsp3) is 0.333. The van der Waals surface area contributed by atoms with Gasteiger partial charge in [0.15, 0.2) is 0 Å². The third-order valence-electron chi connectivity index (χ3n) is 3.02. The summed E-state index contributed by atoms with van der Waals surface area (Å²) in [6, 6.07) is 6.67. The van der Waals surface area contributed by atoms with Crippen molar-refractivity contribution in [3.05, 3.63) is 35.9 Å². The van der Waals surface area contributed by atoms with Crippen LogP contribution in [0, 0.1) is 0 Å². The number of primary amides is 1. The van der Waals surface area contributed by atoms with E-state index in [9.17, 15) is 19.2 Å². The summed E-state index contributed by atoms with van der Waals surface area (Å²) in [4.78, 5) is 45.5. The van der Waals surface area contributed by atoms with Gasteiger partial charge in [0.25, 0.3) is 0 Å². The molecule has 8 heteroatoms. The standard InChI is InChI=1S/C15H19N3O5/c1-9(19)17-12(7-10-5-3-2-4-6-10)15(23)18-11(14(16)22)8-13(20)21/h2-6,11-12H,7-8H2,1H3,(H2,16,22)(H,17,19)(H,18,23)(H,20,21)/t11-,12+/m1/s1. The van der Waals surface area contributed by atoms with Gasteiger partial charge in [-0.3, -0.25) is 19.2 Å². The van der Waals surface area contributed by atoms with E-state index in [0.717, 1.165) is 5.56 Å². The third kappa shape index (κ3) is 6.60. The summed E-state index contributed by atoms with van der Waals surface area (Å²) >= 11 is 0. The molecule has 0 saturated heterocycles. The quantitative estimate of drug-likeness (QED) is 0.495. The Bertz CT molecular complexity index is 588. The lowest BCUT2D eigenvalue weighted by Crippen LogP contribution is -2.53. The fourth-order valence-electron chi connectivity index (χ4n) is 1.97. The molecule has 3 amide bonds. The highest BCUT2D eigenvalue weighted by molar-refractivity contribution is 5.93. The van der Waals surface area contributed by atoms with Gasteiger partial charge in [-0.05, 0) is 5.56 Å². The summed E-state index contributed by atoms with van der Waals surface area (Å²) in [6.45, 7) is 1.26. The number of benzene rings is 1. The zero-order chi connectivity index (χ0) is 17.4. The summed E-state index contributed by atoms with van der Waals surface area (Å²) in [5.74, 6) is -3.32. The maximum absolute atomic E-state index is 12.3. The number of hydrogen-bond acceptors (Lipinski definition) is 4. The van der Waals surface area contributed by atoms with Gasteiger partial charge in [0.2, 0.25) is 17.7 Å². The number of nitrogens with two attached hydrogens (primary N) is 1. The van der Waals surface area contributed by atoms with Crippen molar-refractivity contribution in [3.8, 4) is 0 Å². The summed E-state index contributed by atoms with van der Waals surface area (Å²) in [7, 11) is 0. The van der Waals surface area contributed by atoms with Crippen LogP contribution in [0.3, 0.4) is 0 Å². The lowest BCUT2D eigenvalue weighted by atomic mass is 10.0. The Morgan fingerprint density at radius 2 is 1.70 bits per heavy atom. The largest absolute Gasteiger partial charge is 0.481 e. The topological polar surface area (TPSA) is 139 Å². The maximum atomic E-state index is 12.3. The van der Waals surface area contributed by atoms with Crippen LogP contribution in [-0.2, 0) is 25.6 Å². The highest BCUT2D eigenvalue weighted by atomic mass is 16.4. The number of rotatable bonds is 8. The van der Waals surface area contributed by atoms with Crippen molar-refractivity contribution >= 4 is 23.7 Å². The predicted molar refractivity (Wildman–Crippen MR) is 81.1 cm³/mol. The Kier molecular flexibility index (Phi) is 6.72. The molecule has 0 radical (unpaired) electrons. The van der Waals surface area contributed by atoms with Gasteiger partial charge < -0.3 is 21.5 Å². The summed E-state index contributed by atoms with van der Waals surface area (Å²) in [5.41, 5.74) is 5.88. The van der Waals surface area contributed by atoms with Gasteiger partial charge in [0, 0.05) is 13.3 Å². The molecule has 23 heavy (non-hydrogen) atoms. The summed E-state index contributed by atoms with van der Waals surface area (Å²) in [5, 5.41) is 13.5. The Morgan fingerprint density at radius 3 is 2.17 bits per heavy atom. The lowest BCUT2D eigenvalue weighted by molar-refractivity contribution is -0.140. The van der Waals surface area contributed by atoms with Gasteiger partial charge in [0.1, 0.15) is 12.1 Å². The van der Waals surface area contributed by atoms with E-state index in [-0.39, 0.29) is 6.42 Å². The lowest BCUT2D eigenvalue weighted by Gasteiger charge is -2.20. The van der Waals surface area contributed by atoms with Crippen LogP contribution < -0.4 is 16.4 Å². The number of carbonyl (C=O) groups is 4. The van der Waals surface area contributed by atoms with Crippen LogP contribution in [0.2, 0.25) is 0 Å². The van der Waals surface area contributed by atoms with Crippen molar-refractivity contribution in [1.82, 2.24) is 10.6 Å². The summed E-state index contributed by atoms with van der Waals surface area (Å²) < 4.78 is 0. The molecule has 0 aliphatic rings. The average Bonchev–Trinajstić information content (AvgIpc) is 2.45. The number of carboxylic acid groups (broad SMARTS) is 1. The van der Waals surface area contributed by atoms with Crippen molar-refractivity contribution in [3.63, 3.8) is 0 Å². The average molecular weight is 321 g/mol. The monoisotopic (exact) mass is 321 g/mol. The molecule has 5 N–H and O–H groups in total. The van der Waals surface area contributed by atoms with Crippen LogP contribution >= 0.6 is 0 Å². The van der Waals surface area contributed by atoms with Crippen molar-refractivity contribution in [1.29, 1.82) is 0 Å². The number of hydrogen-bond donors (Lipinski definition) is 4. The zero-order valence-electron chi connectivity index (χ0n) is 12.6. The van der Waals surface area contributed by atoms with Crippen LogP contribution in [-0.4, -0.2) is 40.9 Å². The molecule has 0 spiro atoms. The molecule has 0 aliphatic carbocycles. The number of aliphatic carboxylic acids is 1. The number of carbonyl (C=O) groups excluding carboxylic acids is 3. The molecule has 0 bridgehead atoms. The van der Waals surface area contributed by atoms with Crippen molar-refractivity contribution in [2.24, 2.45) is 5.73 Å². The van der Waals surface area contributed by atoms with E-state index < -0.39 is 42.2 Å². The van der Waals surface area contributed by atoms with Crippen LogP contribution in [0.25, 0.3) is 0 Å². The van der Waals surface area contributed by atoms with Crippen LogP contribution in [0.4, 0.5) is 0 Å². The van der Waals surface area contributed by atoms with Gasteiger partial charge in [-0.2, -0.15) is 0 Å². The highest BCUT2D eigenvalue weighted by Crippen LogP contribution is 2.04. The smallest absolute Gasteiger partial charge is 0.305 e. The molecule has 0 fully saturated rings. The van der Waals surface area contributed by atoms with Gasteiger partial charge in [-0.25, -0.2) is 0 Å². The van der Waals surface area contributed by atoms with Gasteiger partial charge in [0.05, 0.1) is 6.42 Å².